The number of hydrogen-bond donors (Lipinski definition) is 0. The van der Waals surface area contributed by atoms with Gasteiger partial charge < -0.3 is 4.57 Å². The van der Waals surface area contributed by atoms with Gasteiger partial charge in [-0.05, 0) is 36.8 Å². The third-order valence-corrected chi connectivity index (χ3v) is 4.50. The maximum Gasteiger partial charge on any atom is 0.125 e. The number of alkyl halides is 1. The Bertz CT molecular complexity index is 601. The van der Waals surface area contributed by atoms with Crippen molar-refractivity contribution in [2.24, 2.45) is 5.41 Å². The highest BCUT2D eigenvalue weighted by Crippen LogP contribution is 2.50. The van der Waals surface area contributed by atoms with Gasteiger partial charge in [0.05, 0.1) is 11.0 Å². The minimum Gasteiger partial charge on any atom is -0.327 e. The van der Waals surface area contributed by atoms with E-state index in [1.807, 2.05) is 6.07 Å². The molecule has 0 amide bonds. The summed E-state index contributed by atoms with van der Waals surface area (Å²) >= 11 is 5.86. The van der Waals surface area contributed by atoms with Gasteiger partial charge in [-0.25, -0.2) is 9.37 Å². The molecule has 2 aromatic rings. The Morgan fingerprint density at radius 3 is 2.84 bits per heavy atom. The summed E-state index contributed by atoms with van der Waals surface area (Å²) in [4.78, 5) is 4.55. The van der Waals surface area contributed by atoms with E-state index < -0.39 is 0 Å². The van der Waals surface area contributed by atoms with Crippen molar-refractivity contribution < 1.29 is 4.39 Å². The van der Waals surface area contributed by atoms with E-state index in [0.717, 1.165) is 29.8 Å². The first-order valence-corrected chi connectivity index (χ1v) is 7.41. The Hall–Kier alpha value is -1.09. The minimum absolute atomic E-state index is 0.230. The van der Waals surface area contributed by atoms with Crippen LogP contribution >= 0.6 is 11.6 Å². The Morgan fingerprint density at radius 2 is 2.21 bits per heavy atom. The maximum atomic E-state index is 13.3. The third kappa shape index (κ3) is 2.36. The fourth-order valence-corrected chi connectivity index (χ4v) is 2.91. The third-order valence-electron chi connectivity index (χ3n) is 4.31. The average molecular weight is 281 g/mol. The number of benzene rings is 1. The van der Waals surface area contributed by atoms with Gasteiger partial charge in [0.1, 0.15) is 11.6 Å². The van der Waals surface area contributed by atoms with E-state index in [-0.39, 0.29) is 5.82 Å². The summed E-state index contributed by atoms with van der Waals surface area (Å²) in [6, 6.07) is 4.85. The van der Waals surface area contributed by atoms with Gasteiger partial charge in [-0.15, -0.1) is 11.6 Å². The molecule has 1 aromatic carbocycles. The van der Waals surface area contributed by atoms with Gasteiger partial charge >= 0.3 is 0 Å². The van der Waals surface area contributed by atoms with Crippen LogP contribution in [0.1, 0.15) is 32.0 Å². The molecule has 1 aliphatic rings. The van der Waals surface area contributed by atoms with Gasteiger partial charge in [0.2, 0.25) is 0 Å². The molecule has 19 heavy (non-hydrogen) atoms. The summed E-state index contributed by atoms with van der Waals surface area (Å²) in [6.45, 7) is 3.23. The predicted octanol–water partition coefficient (Wildman–Crippen LogP) is 4.15. The molecule has 0 radical (unpaired) electrons. The van der Waals surface area contributed by atoms with E-state index in [0.29, 0.717) is 11.3 Å². The molecule has 3 rings (SSSR count). The molecule has 1 aromatic heterocycles. The fraction of sp³-hybridized carbons (Fsp3) is 0.533. The van der Waals surface area contributed by atoms with Gasteiger partial charge in [0.25, 0.3) is 0 Å². The zero-order valence-electron chi connectivity index (χ0n) is 11.1. The molecule has 2 nitrogen and oxygen atoms in total. The zero-order chi connectivity index (χ0) is 13.5. The van der Waals surface area contributed by atoms with E-state index in [1.165, 1.54) is 31.4 Å². The molecule has 0 unspecified atom stereocenters. The van der Waals surface area contributed by atoms with Crippen LogP contribution in [0.4, 0.5) is 4.39 Å². The number of halogens is 2. The lowest BCUT2D eigenvalue weighted by Crippen LogP contribution is -2.13. The quantitative estimate of drug-likeness (QED) is 0.753. The van der Waals surface area contributed by atoms with Crippen molar-refractivity contribution in [1.82, 2.24) is 9.55 Å². The summed E-state index contributed by atoms with van der Waals surface area (Å²) in [5.41, 5.74) is 2.21. The van der Waals surface area contributed by atoms with E-state index in [1.54, 1.807) is 0 Å². The van der Waals surface area contributed by atoms with Gasteiger partial charge in [0.15, 0.2) is 0 Å². The molecule has 0 saturated heterocycles. The standard InChI is InChI=1S/C15H18ClFN2/c1-2-15(6-7-15)10-19-13-4-3-11(17)9-12(13)18-14(19)5-8-16/h3-4,9H,2,5-8,10H2,1H3. The molecule has 102 valence electrons. The van der Waals surface area contributed by atoms with E-state index in [2.05, 4.69) is 16.5 Å². The van der Waals surface area contributed by atoms with Crippen LogP contribution in [0.5, 0.6) is 0 Å². The molecule has 1 fully saturated rings. The molecule has 0 atom stereocenters. The van der Waals surface area contributed by atoms with Crippen molar-refractivity contribution in [3.8, 4) is 0 Å². The lowest BCUT2D eigenvalue weighted by molar-refractivity contribution is 0.408. The molecule has 4 heteroatoms. The lowest BCUT2D eigenvalue weighted by atomic mass is 10.0. The second-order valence-electron chi connectivity index (χ2n) is 5.54. The van der Waals surface area contributed by atoms with Crippen molar-refractivity contribution in [2.45, 2.75) is 39.2 Å². The second-order valence-corrected chi connectivity index (χ2v) is 5.92. The van der Waals surface area contributed by atoms with Gasteiger partial charge in [-0.1, -0.05) is 6.92 Å². The summed E-state index contributed by atoms with van der Waals surface area (Å²) < 4.78 is 15.5. The fourth-order valence-electron chi connectivity index (χ4n) is 2.74. The molecule has 0 spiro atoms. The SMILES string of the molecule is CCC1(Cn2c(CCCl)nc3cc(F)ccc32)CC1. The minimum atomic E-state index is -0.230. The molecular formula is C15H18ClFN2. The number of aryl methyl sites for hydroxylation is 1. The number of fused-ring (bicyclic) bond motifs is 1. The molecule has 0 bridgehead atoms. The van der Waals surface area contributed by atoms with Gasteiger partial charge in [0, 0.05) is 24.9 Å². The van der Waals surface area contributed by atoms with Crippen molar-refractivity contribution in [2.75, 3.05) is 5.88 Å². The maximum absolute atomic E-state index is 13.3. The van der Waals surface area contributed by atoms with E-state index in [9.17, 15) is 4.39 Å². The average Bonchev–Trinajstić information content (AvgIpc) is 3.10. The van der Waals surface area contributed by atoms with Crippen LogP contribution in [0.2, 0.25) is 0 Å². The Labute approximate surface area is 117 Å². The van der Waals surface area contributed by atoms with Crippen LogP contribution in [0.3, 0.4) is 0 Å². The zero-order valence-corrected chi connectivity index (χ0v) is 11.9. The number of nitrogens with zero attached hydrogens (tertiary/aromatic N) is 2. The molecule has 1 aliphatic carbocycles. The van der Waals surface area contributed by atoms with Crippen molar-refractivity contribution in [3.05, 3.63) is 29.8 Å². The normalized spacial score (nSPS) is 17.0. The highest BCUT2D eigenvalue weighted by molar-refractivity contribution is 6.17. The molecular weight excluding hydrogens is 263 g/mol. The molecule has 1 heterocycles. The van der Waals surface area contributed by atoms with Gasteiger partial charge in [-0.3, -0.25) is 0 Å². The van der Waals surface area contributed by atoms with Crippen molar-refractivity contribution in [1.29, 1.82) is 0 Å². The topological polar surface area (TPSA) is 17.8 Å². The van der Waals surface area contributed by atoms with Crippen LogP contribution in [0.25, 0.3) is 11.0 Å². The lowest BCUT2D eigenvalue weighted by Gasteiger charge is -2.16. The number of rotatable bonds is 5. The Kier molecular flexibility index (Phi) is 3.25. The summed E-state index contributed by atoms with van der Waals surface area (Å²) in [5.74, 6) is 1.30. The van der Waals surface area contributed by atoms with Crippen LogP contribution < -0.4 is 0 Å². The Morgan fingerprint density at radius 1 is 1.42 bits per heavy atom. The first kappa shape index (κ1) is 12.9. The summed E-state index contributed by atoms with van der Waals surface area (Å²) in [7, 11) is 0. The van der Waals surface area contributed by atoms with Crippen LogP contribution in [-0.2, 0) is 13.0 Å². The number of hydrogen-bond acceptors (Lipinski definition) is 1. The number of aromatic nitrogens is 2. The smallest absolute Gasteiger partial charge is 0.125 e. The monoisotopic (exact) mass is 280 g/mol. The highest BCUT2D eigenvalue weighted by Gasteiger charge is 2.41. The van der Waals surface area contributed by atoms with E-state index >= 15 is 0 Å². The largest absolute Gasteiger partial charge is 0.327 e. The number of imidazole rings is 1. The first-order valence-electron chi connectivity index (χ1n) is 6.88. The van der Waals surface area contributed by atoms with Crippen molar-refractivity contribution >= 4 is 22.6 Å². The van der Waals surface area contributed by atoms with E-state index in [4.69, 9.17) is 11.6 Å². The predicted molar refractivity (Wildman–Crippen MR) is 76.1 cm³/mol. The summed E-state index contributed by atoms with van der Waals surface area (Å²) in [5, 5.41) is 0. The first-order chi connectivity index (χ1) is 9.17. The van der Waals surface area contributed by atoms with Crippen molar-refractivity contribution in [3.63, 3.8) is 0 Å². The van der Waals surface area contributed by atoms with Gasteiger partial charge in [-0.2, -0.15) is 0 Å². The van der Waals surface area contributed by atoms with Crippen LogP contribution in [-0.4, -0.2) is 15.4 Å². The Balaban J connectivity index is 2.06. The molecule has 1 saturated carbocycles. The van der Waals surface area contributed by atoms with Crippen LogP contribution in [0.15, 0.2) is 18.2 Å². The highest BCUT2D eigenvalue weighted by atomic mass is 35.5. The second kappa shape index (κ2) is 4.78. The molecule has 0 N–H and O–H groups in total. The molecule has 0 aliphatic heterocycles. The van der Waals surface area contributed by atoms with Crippen LogP contribution in [0, 0.1) is 11.2 Å². The summed E-state index contributed by atoms with van der Waals surface area (Å²) in [6.07, 6.45) is 4.49.